The van der Waals surface area contributed by atoms with E-state index in [2.05, 4.69) is 26.0 Å². The van der Waals surface area contributed by atoms with E-state index in [1.807, 2.05) is 0 Å². The molecule has 0 aliphatic rings. The second-order valence-corrected chi connectivity index (χ2v) is 11.6. The number of hydrogen-bond donors (Lipinski definition) is 1. The van der Waals surface area contributed by atoms with Crippen molar-refractivity contribution in [1.82, 2.24) is 0 Å². The van der Waals surface area contributed by atoms with Crippen molar-refractivity contribution in [2.75, 3.05) is 0 Å². The van der Waals surface area contributed by atoms with Crippen LogP contribution in [0.1, 0.15) is 194 Å². The predicted octanol–water partition coefficient (Wildman–Crippen LogP) is 11.6. The molecule has 2 N–H and O–H groups in total. The fourth-order valence-corrected chi connectivity index (χ4v) is 5.42. The fourth-order valence-electron chi connectivity index (χ4n) is 5.42. The van der Waals surface area contributed by atoms with E-state index >= 15 is 0 Å². The van der Waals surface area contributed by atoms with Gasteiger partial charge in [-0.1, -0.05) is 161 Å². The lowest BCUT2D eigenvalue weighted by atomic mass is 9.90. The number of rotatable bonds is 30. The molecule has 0 fully saturated rings. The van der Waals surface area contributed by atoms with E-state index in [1.54, 1.807) is 0 Å². The zero-order valence-electron chi connectivity index (χ0n) is 25.0. The van der Waals surface area contributed by atoms with Gasteiger partial charge in [0.2, 0.25) is 5.91 Å². The Morgan fingerprint density at radius 3 is 1.22 bits per heavy atom. The Balaban J connectivity index is 3.68. The van der Waals surface area contributed by atoms with Crippen LogP contribution in [0.15, 0.2) is 12.2 Å². The Kier molecular flexibility index (Phi) is 29.8. The first kappa shape index (κ1) is 35.2. The highest BCUT2D eigenvalue weighted by molar-refractivity contribution is 5.73. The summed E-state index contributed by atoms with van der Waals surface area (Å²) in [7, 11) is 0. The SMILES string of the molecule is CCCCCCCC/C=C\CCCCCCCCC(CCCCCCCCCCC)CCCC(N)=O. The number of primary amides is 1. The van der Waals surface area contributed by atoms with Crippen LogP contribution in [0.3, 0.4) is 0 Å². The summed E-state index contributed by atoms with van der Waals surface area (Å²) in [5, 5.41) is 0. The average Bonchev–Trinajstić information content (AvgIpc) is 2.86. The van der Waals surface area contributed by atoms with Gasteiger partial charge in [0.1, 0.15) is 0 Å². The van der Waals surface area contributed by atoms with Crippen LogP contribution < -0.4 is 5.73 Å². The first-order chi connectivity index (χ1) is 17.7. The summed E-state index contributed by atoms with van der Waals surface area (Å²) in [6, 6.07) is 0. The number of unbranched alkanes of at least 4 members (excludes halogenated alkanes) is 20. The summed E-state index contributed by atoms with van der Waals surface area (Å²) < 4.78 is 0. The molecule has 0 spiro atoms. The molecule has 0 aromatic heterocycles. The van der Waals surface area contributed by atoms with E-state index in [9.17, 15) is 4.79 Å². The molecular formula is C34H67NO. The van der Waals surface area contributed by atoms with Crippen LogP contribution in [0.4, 0.5) is 0 Å². The number of nitrogens with two attached hydrogens (primary N) is 1. The van der Waals surface area contributed by atoms with Crippen molar-refractivity contribution in [2.45, 2.75) is 194 Å². The van der Waals surface area contributed by atoms with E-state index in [1.165, 1.54) is 167 Å². The molecule has 0 radical (unpaired) electrons. The first-order valence-electron chi connectivity index (χ1n) is 16.6. The molecule has 1 atom stereocenters. The lowest BCUT2D eigenvalue weighted by Gasteiger charge is -2.16. The van der Waals surface area contributed by atoms with Gasteiger partial charge in [-0.25, -0.2) is 0 Å². The third kappa shape index (κ3) is 29.4. The summed E-state index contributed by atoms with van der Waals surface area (Å²) >= 11 is 0. The highest BCUT2D eigenvalue weighted by Gasteiger charge is 2.09. The van der Waals surface area contributed by atoms with Crippen LogP contribution in [-0.4, -0.2) is 5.91 Å². The number of hydrogen-bond acceptors (Lipinski definition) is 1. The van der Waals surface area contributed by atoms with Gasteiger partial charge < -0.3 is 5.73 Å². The molecule has 1 amide bonds. The van der Waals surface area contributed by atoms with Gasteiger partial charge in [-0.2, -0.15) is 0 Å². The molecule has 0 heterocycles. The van der Waals surface area contributed by atoms with E-state index in [0.717, 1.165) is 12.3 Å². The van der Waals surface area contributed by atoms with Crippen LogP contribution in [0.2, 0.25) is 0 Å². The standard InChI is InChI=1S/C34H67NO/c1-3-5-7-9-11-13-14-15-16-17-18-19-21-23-25-27-30-33(31-28-32-34(35)36)29-26-24-22-20-12-10-8-6-4-2/h15-16,33H,3-14,17-32H2,1-2H3,(H2,35,36)/b16-15-. The maximum Gasteiger partial charge on any atom is 0.217 e. The molecule has 0 aliphatic heterocycles. The molecule has 214 valence electrons. The predicted molar refractivity (Wildman–Crippen MR) is 162 cm³/mol. The van der Waals surface area contributed by atoms with E-state index in [-0.39, 0.29) is 5.91 Å². The number of allylic oxidation sites excluding steroid dienone is 2. The maximum absolute atomic E-state index is 11.1. The summed E-state index contributed by atoms with van der Waals surface area (Å²) in [5.41, 5.74) is 5.37. The van der Waals surface area contributed by atoms with Crippen LogP contribution in [0, 0.1) is 5.92 Å². The normalized spacial score (nSPS) is 12.5. The van der Waals surface area contributed by atoms with Crippen molar-refractivity contribution >= 4 is 5.91 Å². The van der Waals surface area contributed by atoms with Crippen molar-refractivity contribution in [3.63, 3.8) is 0 Å². The first-order valence-corrected chi connectivity index (χ1v) is 16.6. The lowest BCUT2D eigenvalue weighted by molar-refractivity contribution is -0.118. The molecule has 0 aromatic rings. The maximum atomic E-state index is 11.1. The fraction of sp³-hybridized carbons (Fsp3) is 0.912. The second kappa shape index (κ2) is 30.4. The molecule has 2 heteroatoms. The minimum absolute atomic E-state index is 0.130. The van der Waals surface area contributed by atoms with Gasteiger partial charge in [0.15, 0.2) is 0 Å². The largest absolute Gasteiger partial charge is 0.370 e. The highest BCUT2D eigenvalue weighted by Crippen LogP contribution is 2.24. The summed E-state index contributed by atoms with van der Waals surface area (Å²) in [6.45, 7) is 4.58. The topological polar surface area (TPSA) is 43.1 Å². The van der Waals surface area contributed by atoms with Crippen molar-refractivity contribution in [1.29, 1.82) is 0 Å². The zero-order chi connectivity index (χ0) is 26.4. The third-order valence-corrected chi connectivity index (χ3v) is 7.88. The lowest BCUT2D eigenvalue weighted by Crippen LogP contribution is -2.11. The quantitative estimate of drug-likeness (QED) is 0.0765. The molecule has 0 saturated carbocycles. The van der Waals surface area contributed by atoms with Crippen LogP contribution in [0.5, 0.6) is 0 Å². The van der Waals surface area contributed by atoms with Crippen molar-refractivity contribution in [2.24, 2.45) is 11.7 Å². The van der Waals surface area contributed by atoms with Gasteiger partial charge >= 0.3 is 0 Å². The zero-order valence-corrected chi connectivity index (χ0v) is 25.0. The molecule has 1 unspecified atom stereocenters. The number of carbonyl (C=O) groups excluding carboxylic acids is 1. The molecule has 0 aromatic carbocycles. The van der Waals surface area contributed by atoms with Gasteiger partial charge in [0.05, 0.1) is 0 Å². The monoisotopic (exact) mass is 506 g/mol. The minimum Gasteiger partial charge on any atom is -0.370 e. The van der Waals surface area contributed by atoms with Crippen LogP contribution in [0.25, 0.3) is 0 Å². The third-order valence-electron chi connectivity index (χ3n) is 7.88. The number of carbonyl (C=O) groups is 1. The van der Waals surface area contributed by atoms with Crippen LogP contribution >= 0.6 is 0 Å². The van der Waals surface area contributed by atoms with Gasteiger partial charge in [0.25, 0.3) is 0 Å². The Labute approximate surface area is 228 Å². The Hall–Kier alpha value is -0.790. The van der Waals surface area contributed by atoms with Crippen LogP contribution in [-0.2, 0) is 4.79 Å². The molecule has 0 bridgehead atoms. The highest BCUT2D eigenvalue weighted by atomic mass is 16.1. The second-order valence-electron chi connectivity index (χ2n) is 11.6. The summed E-state index contributed by atoms with van der Waals surface area (Å²) in [4.78, 5) is 11.1. The minimum atomic E-state index is -0.130. The smallest absolute Gasteiger partial charge is 0.217 e. The van der Waals surface area contributed by atoms with Gasteiger partial charge in [-0.05, 0) is 44.4 Å². The Bertz CT molecular complexity index is 458. The van der Waals surface area contributed by atoms with Gasteiger partial charge in [-0.3, -0.25) is 4.79 Å². The molecule has 2 nitrogen and oxygen atoms in total. The van der Waals surface area contributed by atoms with E-state index < -0.39 is 0 Å². The summed E-state index contributed by atoms with van der Waals surface area (Å²) in [6.07, 6.45) is 42.2. The molecule has 0 aliphatic carbocycles. The van der Waals surface area contributed by atoms with E-state index in [4.69, 9.17) is 5.73 Å². The van der Waals surface area contributed by atoms with Crippen molar-refractivity contribution in [3.8, 4) is 0 Å². The van der Waals surface area contributed by atoms with Crippen molar-refractivity contribution < 1.29 is 4.79 Å². The Morgan fingerprint density at radius 2 is 0.833 bits per heavy atom. The van der Waals surface area contributed by atoms with Crippen molar-refractivity contribution in [3.05, 3.63) is 12.2 Å². The summed E-state index contributed by atoms with van der Waals surface area (Å²) in [5.74, 6) is 0.680. The molecule has 36 heavy (non-hydrogen) atoms. The van der Waals surface area contributed by atoms with Gasteiger partial charge in [-0.15, -0.1) is 0 Å². The molecular weight excluding hydrogens is 438 g/mol. The Morgan fingerprint density at radius 1 is 0.500 bits per heavy atom. The molecule has 0 rings (SSSR count). The average molecular weight is 506 g/mol. The van der Waals surface area contributed by atoms with E-state index in [0.29, 0.717) is 6.42 Å². The van der Waals surface area contributed by atoms with Gasteiger partial charge in [0, 0.05) is 6.42 Å². The number of amides is 1. The molecule has 0 saturated heterocycles.